The Balaban J connectivity index is 1.96. The number of benzene rings is 1. The number of nitriles is 1. The number of carbonyl (C=O) groups excluding carboxylic acids is 2. The number of esters is 1. The molecule has 0 atom stereocenters. The van der Waals surface area contributed by atoms with E-state index in [1.165, 1.54) is 30.6 Å². The zero-order valence-electron chi connectivity index (χ0n) is 13.7. The molecule has 0 bridgehead atoms. The monoisotopic (exact) mass is 360 g/mol. The number of hydrogen-bond donors (Lipinski definition) is 1. The number of hydrogen-bond acceptors (Lipinski definition) is 7. The van der Waals surface area contributed by atoms with Crippen molar-refractivity contribution in [3.05, 3.63) is 40.8 Å². The zero-order chi connectivity index (χ0) is 18.2. The summed E-state index contributed by atoms with van der Waals surface area (Å²) in [6.07, 6.45) is 0. The maximum absolute atomic E-state index is 12.1. The molecule has 0 unspecified atom stereocenters. The first-order valence-electron chi connectivity index (χ1n) is 7.34. The van der Waals surface area contributed by atoms with Crippen LogP contribution in [0, 0.1) is 11.3 Å². The molecule has 0 saturated heterocycles. The lowest BCUT2D eigenvalue weighted by molar-refractivity contribution is -0.119. The fourth-order valence-electron chi connectivity index (χ4n) is 1.94. The Labute approximate surface area is 148 Å². The van der Waals surface area contributed by atoms with Crippen LogP contribution in [0.1, 0.15) is 22.8 Å². The topological polar surface area (TPSA) is 97.6 Å². The molecule has 1 heterocycles. The highest BCUT2D eigenvalue weighted by molar-refractivity contribution is 7.14. The van der Waals surface area contributed by atoms with Gasteiger partial charge in [-0.1, -0.05) is 0 Å². The molecule has 1 N–H and O–H groups in total. The molecular weight excluding hydrogens is 344 g/mol. The lowest BCUT2D eigenvalue weighted by Gasteiger charge is -2.11. The Bertz CT molecular complexity index is 810. The van der Waals surface area contributed by atoms with E-state index in [2.05, 4.69) is 5.32 Å². The van der Waals surface area contributed by atoms with Crippen molar-refractivity contribution in [2.45, 2.75) is 6.92 Å². The number of thiophene rings is 1. The first-order valence-corrected chi connectivity index (χ1v) is 8.22. The van der Waals surface area contributed by atoms with E-state index in [1.807, 2.05) is 13.0 Å². The van der Waals surface area contributed by atoms with Crippen molar-refractivity contribution < 1.29 is 23.8 Å². The molecule has 7 nitrogen and oxygen atoms in total. The fraction of sp³-hybridized carbons (Fsp3) is 0.235. The lowest BCUT2D eigenvalue weighted by Crippen LogP contribution is -2.20. The average molecular weight is 360 g/mol. The highest BCUT2D eigenvalue weighted by atomic mass is 32.1. The first kappa shape index (κ1) is 18.3. The normalized spacial score (nSPS) is 9.80. The van der Waals surface area contributed by atoms with E-state index in [1.54, 1.807) is 17.5 Å². The van der Waals surface area contributed by atoms with Crippen molar-refractivity contribution in [3.63, 3.8) is 0 Å². The second-order valence-electron chi connectivity index (χ2n) is 4.70. The second kappa shape index (κ2) is 8.70. The van der Waals surface area contributed by atoms with Gasteiger partial charge in [-0.05, 0) is 36.6 Å². The van der Waals surface area contributed by atoms with Gasteiger partial charge in [0.25, 0.3) is 5.91 Å². The number of ether oxygens (including phenoxy) is 3. The molecular formula is C17H16N2O5S. The van der Waals surface area contributed by atoms with Gasteiger partial charge in [-0.25, -0.2) is 4.79 Å². The van der Waals surface area contributed by atoms with Crippen LogP contribution in [0.5, 0.6) is 11.5 Å². The molecule has 1 amide bonds. The summed E-state index contributed by atoms with van der Waals surface area (Å²) >= 11 is 1.22. The van der Waals surface area contributed by atoms with Crippen LogP contribution < -0.4 is 14.8 Å². The van der Waals surface area contributed by atoms with E-state index in [9.17, 15) is 9.59 Å². The Morgan fingerprint density at radius 1 is 1.28 bits per heavy atom. The number of rotatable bonds is 7. The van der Waals surface area contributed by atoms with Gasteiger partial charge in [-0.2, -0.15) is 5.26 Å². The van der Waals surface area contributed by atoms with Gasteiger partial charge in [-0.15, -0.1) is 11.3 Å². The summed E-state index contributed by atoms with van der Waals surface area (Å²) in [6, 6.07) is 8.17. The summed E-state index contributed by atoms with van der Waals surface area (Å²) in [5, 5.41) is 13.5. The van der Waals surface area contributed by atoms with E-state index in [0.717, 1.165) is 0 Å². The molecule has 1 aromatic heterocycles. The van der Waals surface area contributed by atoms with Crippen LogP contribution in [0.3, 0.4) is 0 Å². The van der Waals surface area contributed by atoms with E-state index in [0.29, 0.717) is 28.7 Å². The summed E-state index contributed by atoms with van der Waals surface area (Å²) < 4.78 is 15.5. The van der Waals surface area contributed by atoms with Crippen LogP contribution in [0.15, 0.2) is 29.6 Å². The predicted octanol–water partition coefficient (Wildman–Crippen LogP) is 2.82. The third-order valence-electron chi connectivity index (χ3n) is 3.07. The number of methoxy groups -OCH3 is 1. The number of amides is 1. The van der Waals surface area contributed by atoms with Crippen molar-refractivity contribution in [1.29, 1.82) is 5.26 Å². The van der Waals surface area contributed by atoms with Crippen molar-refractivity contribution in [3.8, 4) is 17.6 Å². The van der Waals surface area contributed by atoms with Crippen LogP contribution >= 0.6 is 11.3 Å². The van der Waals surface area contributed by atoms with Gasteiger partial charge in [0.05, 0.1) is 24.8 Å². The molecule has 0 spiro atoms. The maximum Gasteiger partial charge on any atom is 0.338 e. The third kappa shape index (κ3) is 4.71. The minimum Gasteiger partial charge on any atom is -0.493 e. The summed E-state index contributed by atoms with van der Waals surface area (Å²) in [5.41, 5.74) is 0.600. The Morgan fingerprint density at radius 3 is 2.76 bits per heavy atom. The largest absolute Gasteiger partial charge is 0.493 e. The SMILES string of the molecule is CCOc1ccc(C(=O)OCC(=O)Nc2sccc2C#N)cc1OC. The molecule has 0 radical (unpaired) electrons. The Morgan fingerprint density at radius 2 is 2.08 bits per heavy atom. The van der Waals surface area contributed by atoms with E-state index in [-0.39, 0.29) is 5.56 Å². The molecule has 1 aromatic carbocycles. The summed E-state index contributed by atoms with van der Waals surface area (Å²) in [7, 11) is 1.47. The van der Waals surface area contributed by atoms with Crippen LogP contribution in [0.4, 0.5) is 5.00 Å². The molecule has 2 rings (SSSR count). The number of nitrogens with one attached hydrogen (secondary N) is 1. The molecule has 0 saturated carbocycles. The van der Waals surface area contributed by atoms with Gasteiger partial charge in [-0.3, -0.25) is 4.79 Å². The summed E-state index contributed by atoms with van der Waals surface area (Å²) in [4.78, 5) is 23.9. The quantitative estimate of drug-likeness (QED) is 0.763. The predicted molar refractivity (Wildman–Crippen MR) is 92.1 cm³/mol. The van der Waals surface area contributed by atoms with Crippen molar-refractivity contribution in [2.75, 3.05) is 25.6 Å². The van der Waals surface area contributed by atoms with Crippen molar-refractivity contribution in [1.82, 2.24) is 0 Å². The number of nitrogens with zero attached hydrogens (tertiary/aromatic N) is 1. The lowest BCUT2D eigenvalue weighted by atomic mass is 10.2. The highest BCUT2D eigenvalue weighted by Gasteiger charge is 2.15. The van der Waals surface area contributed by atoms with Crippen LogP contribution in [0.25, 0.3) is 0 Å². The highest BCUT2D eigenvalue weighted by Crippen LogP contribution is 2.28. The average Bonchev–Trinajstić information content (AvgIpc) is 3.07. The van der Waals surface area contributed by atoms with Crippen molar-refractivity contribution in [2.24, 2.45) is 0 Å². The molecule has 25 heavy (non-hydrogen) atoms. The molecule has 2 aromatic rings. The number of carbonyl (C=O) groups is 2. The molecule has 130 valence electrons. The van der Waals surface area contributed by atoms with Gasteiger partial charge in [0.2, 0.25) is 0 Å². The Hall–Kier alpha value is -3.05. The van der Waals surface area contributed by atoms with Gasteiger partial charge in [0.15, 0.2) is 18.1 Å². The van der Waals surface area contributed by atoms with E-state index < -0.39 is 18.5 Å². The smallest absolute Gasteiger partial charge is 0.338 e. The molecule has 0 aliphatic rings. The maximum atomic E-state index is 12.1. The third-order valence-corrected chi connectivity index (χ3v) is 3.90. The van der Waals surface area contributed by atoms with Crippen LogP contribution in [-0.2, 0) is 9.53 Å². The fourth-order valence-corrected chi connectivity index (χ4v) is 2.69. The molecule has 0 aliphatic heterocycles. The second-order valence-corrected chi connectivity index (χ2v) is 5.61. The standard InChI is InChI=1S/C17H16N2O5S/c1-3-23-13-5-4-11(8-14(13)22-2)17(21)24-10-15(20)19-16-12(9-18)6-7-25-16/h4-8H,3,10H2,1-2H3,(H,19,20). The summed E-state index contributed by atoms with van der Waals surface area (Å²) in [5.74, 6) is -0.271. The molecule has 0 fully saturated rings. The molecule has 8 heteroatoms. The first-order chi connectivity index (χ1) is 12.1. The molecule has 0 aliphatic carbocycles. The summed E-state index contributed by atoms with van der Waals surface area (Å²) in [6.45, 7) is 1.84. The van der Waals surface area contributed by atoms with E-state index in [4.69, 9.17) is 19.5 Å². The van der Waals surface area contributed by atoms with Crippen LogP contribution in [-0.4, -0.2) is 32.2 Å². The van der Waals surface area contributed by atoms with Gasteiger partial charge < -0.3 is 19.5 Å². The minimum atomic E-state index is -0.664. The minimum absolute atomic E-state index is 0.238. The van der Waals surface area contributed by atoms with Gasteiger partial charge in [0, 0.05) is 0 Å². The van der Waals surface area contributed by atoms with Gasteiger partial charge in [0.1, 0.15) is 11.1 Å². The van der Waals surface area contributed by atoms with Gasteiger partial charge >= 0.3 is 5.97 Å². The van der Waals surface area contributed by atoms with Crippen molar-refractivity contribution >= 4 is 28.2 Å². The number of anilines is 1. The van der Waals surface area contributed by atoms with Crippen LogP contribution in [0.2, 0.25) is 0 Å². The van der Waals surface area contributed by atoms with E-state index >= 15 is 0 Å². The Kier molecular flexibility index (Phi) is 6.37. The zero-order valence-corrected chi connectivity index (χ0v) is 14.5.